The number of hydrogen-bond acceptors (Lipinski definition) is 6. The molecule has 1 N–H and O–H groups in total. The van der Waals surface area contributed by atoms with E-state index in [4.69, 9.17) is 4.74 Å². The van der Waals surface area contributed by atoms with Crippen molar-refractivity contribution in [3.63, 3.8) is 0 Å². The Hall–Kier alpha value is -1.08. The van der Waals surface area contributed by atoms with E-state index in [0.717, 1.165) is 24.4 Å². The van der Waals surface area contributed by atoms with Crippen LogP contribution in [0.1, 0.15) is 33.1 Å². The van der Waals surface area contributed by atoms with E-state index in [-0.39, 0.29) is 12.0 Å². The second-order valence-corrected chi connectivity index (χ2v) is 6.85. The van der Waals surface area contributed by atoms with E-state index in [9.17, 15) is 4.79 Å². The summed E-state index contributed by atoms with van der Waals surface area (Å²) >= 11 is 1.68. The molecule has 1 aromatic heterocycles. The molecular weight excluding hydrogens is 276 g/mol. The molecule has 7 heteroatoms. The van der Waals surface area contributed by atoms with Crippen LogP contribution in [-0.4, -0.2) is 44.7 Å². The highest BCUT2D eigenvalue weighted by atomic mass is 32.2. The monoisotopic (exact) mass is 298 g/mol. The molecule has 0 amide bonds. The first-order chi connectivity index (χ1) is 9.47. The molecule has 1 aliphatic carbocycles. The number of aromatic nitrogens is 3. The van der Waals surface area contributed by atoms with Crippen LogP contribution in [0.5, 0.6) is 0 Å². The molecule has 0 bridgehead atoms. The summed E-state index contributed by atoms with van der Waals surface area (Å²) in [6.45, 7) is 4.10. The Bertz CT molecular complexity index is 477. The van der Waals surface area contributed by atoms with Crippen LogP contribution in [0.4, 0.5) is 0 Å². The van der Waals surface area contributed by atoms with Crippen molar-refractivity contribution in [2.45, 2.75) is 55.1 Å². The number of aryl methyl sites for hydroxylation is 1. The molecule has 112 valence electrons. The molecule has 1 fully saturated rings. The van der Waals surface area contributed by atoms with Gasteiger partial charge in [-0.25, -0.2) is 0 Å². The van der Waals surface area contributed by atoms with Crippen molar-refractivity contribution in [2.75, 3.05) is 7.11 Å². The first-order valence-corrected chi connectivity index (χ1v) is 7.71. The fourth-order valence-corrected chi connectivity index (χ4v) is 3.96. The molecular formula is C13H22N4O2S. The van der Waals surface area contributed by atoms with Gasteiger partial charge in [0.05, 0.1) is 7.11 Å². The molecule has 6 nitrogen and oxygen atoms in total. The molecule has 0 aromatic carbocycles. The van der Waals surface area contributed by atoms with Crippen molar-refractivity contribution in [1.82, 2.24) is 20.1 Å². The van der Waals surface area contributed by atoms with Crippen molar-refractivity contribution >= 4 is 17.7 Å². The first-order valence-electron chi connectivity index (χ1n) is 6.83. The number of carbonyl (C=O) groups is 1. The van der Waals surface area contributed by atoms with Gasteiger partial charge in [0.25, 0.3) is 0 Å². The normalized spacial score (nSPS) is 26.1. The van der Waals surface area contributed by atoms with Crippen molar-refractivity contribution in [3.8, 4) is 0 Å². The summed E-state index contributed by atoms with van der Waals surface area (Å²) in [7, 11) is 3.38. The maximum Gasteiger partial charge on any atom is 0.326 e. The van der Waals surface area contributed by atoms with Gasteiger partial charge in [-0.15, -0.1) is 10.2 Å². The van der Waals surface area contributed by atoms with Crippen molar-refractivity contribution in [1.29, 1.82) is 0 Å². The Balaban J connectivity index is 2.07. The van der Waals surface area contributed by atoms with Crippen molar-refractivity contribution in [2.24, 2.45) is 7.05 Å². The van der Waals surface area contributed by atoms with Gasteiger partial charge in [0.2, 0.25) is 0 Å². The van der Waals surface area contributed by atoms with Crippen LogP contribution < -0.4 is 5.32 Å². The number of rotatable bonds is 5. The molecule has 0 saturated heterocycles. The lowest BCUT2D eigenvalue weighted by molar-refractivity contribution is -0.148. The zero-order valence-electron chi connectivity index (χ0n) is 12.4. The van der Waals surface area contributed by atoms with E-state index < -0.39 is 5.54 Å². The number of thioether (sulfide) groups is 1. The summed E-state index contributed by atoms with van der Waals surface area (Å²) in [5.41, 5.74) is -0.556. The SMILES string of the molecule is COC(=O)C1(NC(C)C)CCC(Sc2nncn2C)C1. The Kier molecular flexibility index (Phi) is 4.70. The summed E-state index contributed by atoms with van der Waals surface area (Å²) in [4.78, 5) is 12.2. The summed E-state index contributed by atoms with van der Waals surface area (Å²) in [5, 5.41) is 12.6. The van der Waals surface area contributed by atoms with E-state index in [1.165, 1.54) is 7.11 Å². The standard InChI is InChI=1S/C13H22N4O2S/c1-9(2)15-13(11(18)19-4)6-5-10(7-13)20-12-16-14-8-17(12)3/h8-10,15H,5-7H2,1-4H3. The second kappa shape index (κ2) is 6.13. The summed E-state index contributed by atoms with van der Waals surface area (Å²) in [5.74, 6) is -0.160. The molecule has 0 aliphatic heterocycles. The Labute approximate surface area is 123 Å². The number of carbonyl (C=O) groups excluding carboxylic acids is 1. The number of methoxy groups -OCH3 is 1. The molecule has 2 atom stereocenters. The number of ether oxygens (including phenoxy) is 1. The van der Waals surface area contributed by atoms with Gasteiger partial charge < -0.3 is 9.30 Å². The third kappa shape index (κ3) is 3.15. The van der Waals surface area contributed by atoms with Crippen LogP contribution in [0.3, 0.4) is 0 Å². The van der Waals surface area contributed by atoms with Gasteiger partial charge in [0.1, 0.15) is 11.9 Å². The number of nitrogens with one attached hydrogen (secondary N) is 1. The van der Waals surface area contributed by atoms with E-state index in [2.05, 4.69) is 15.5 Å². The molecule has 0 spiro atoms. The van der Waals surface area contributed by atoms with Crippen LogP contribution in [0.15, 0.2) is 11.5 Å². The van der Waals surface area contributed by atoms with Crippen molar-refractivity contribution in [3.05, 3.63) is 6.33 Å². The number of hydrogen-bond donors (Lipinski definition) is 1. The maximum atomic E-state index is 12.2. The zero-order chi connectivity index (χ0) is 14.8. The topological polar surface area (TPSA) is 69.0 Å². The minimum Gasteiger partial charge on any atom is -0.468 e. The minimum absolute atomic E-state index is 0.160. The van der Waals surface area contributed by atoms with E-state index in [0.29, 0.717) is 5.25 Å². The van der Waals surface area contributed by atoms with Crippen LogP contribution in [0, 0.1) is 0 Å². The molecule has 0 radical (unpaired) electrons. The van der Waals surface area contributed by atoms with Gasteiger partial charge in [-0.3, -0.25) is 10.1 Å². The van der Waals surface area contributed by atoms with Crippen LogP contribution in [0.2, 0.25) is 0 Å². The highest BCUT2D eigenvalue weighted by molar-refractivity contribution is 7.99. The lowest BCUT2D eigenvalue weighted by Gasteiger charge is -2.30. The zero-order valence-corrected chi connectivity index (χ0v) is 13.2. The molecule has 1 aliphatic rings. The van der Waals surface area contributed by atoms with Gasteiger partial charge in [0, 0.05) is 18.3 Å². The van der Waals surface area contributed by atoms with Gasteiger partial charge in [-0.2, -0.15) is 0 Å². The highest BCUT2D eigenvalue weighted by Gasteiger charge is 2.47. The largest absolute Gasteiger partial charge is 0.468 e. The predicted molar refractivity (Wildman–Crippen MR) is 77.5 cm³/mol. The molecule has 20 heavy (non-hydrogen) atoms. The van der Waals surface area contributed by atoms with E-state index in [1.54, 1.807) is 18.1 Å². The fourth-order valence-electron chi connectivity index (χ4n) is 2.75. The van der Waals surface area contributed by atoms with Gasteiger partial charge in [-0.1, -0.05) is 11.8 Å². The molecule has 1 heterocycles. The lowest BCUT2D eigenvalue weighted by Crippen LogP contribution is -2.53. The predicted octanol–water partition coefficient (Wildman–Crippen LogP) is 1.37. The molecule has 1 saturated carbocycles. The molecule has 2 unspecified atom stereocenters. The quantitative estimate of drug-likeness (QED) is 0.828. The van der Waals surface area contributed by atoms with Crippen molar-refractivity contribution < 1.29 is 9.53 Å². The fraction of sp³-hybridized carbons (Fsp3) is 0.769. The Morgan fingerprint density at radius 1 is 1.65 bits per heavy atom. The Morgan fingerprint density at radius 3 is 2.95 bits per heavy atom. The first kappa shape index (κ1) is 15.3. The summed E-state index contributed by atoms with van der Waals surface area (Å²) in [6.07, 6.45) is 4.21. The highest BCUT2D eigenvalue weighted by Crippen LogP contribution is 2.40. The third-order valence-electron chi connectivity index (χ3n) is 3.55. The molecule has 2 rings (SSSR count). The number of esters is 1. The smallest absolute Gasteiger partial charge is 0.326 e. The average Bonchev–Trinajstić information content (AvgIpc) is 2.97. The third-order valence-corrected chi connectivity index (χ3v) is 4.87. The average molecular weight is 298 g/mol. The minimum atomic E-state index is -0.556. The van der Waals surface area contributed by atoms with Gasteiger partial charge in [-0.05, 0) is 33.1 Å². The summed E-state index contributed by atoms with van der Waals surface area (Å²) in [6, 6.07) is 0.243. The lowest BCUT2D eigenvalue weighted by atomic mass is 9.97. The van der Waals surface area contributed by atoms with Crippen LogP contribution >= 0.6 is 11.8 Å². The van der Waals surface area contributed by atoms with Gasteiger partial charge in [0.15, 0.2) is 5.16 Å². The maximum absolute atomic E-state index is 12.2. The van der Waals surface area contributed by atoms with Gasteiger partial charge >= 0.3 is 5.97 Å². The molecule has 1 aromatic rings. The number of nitrogens with zero attached hydrogens (tertiary/aromatic N) is 3. The van der Waals surface area contributed by atoms with Crippen LogP contribution in [0.25, 0.3) is 0 Å². The summed E-state index contributed by atoms with van der Waals surface area (Å²) < 4.78 is 6.90. The van der Waals surface area contributed by atoms with Crippen LogP contribution in [-0.2, 0) is 16.6 Å². The van der Waals surface area contributed by atoms with E-state index in [1.807, 2.05) is 25.5 Å². The van der Waals surface area contributed by atoms with E-state index >= 15 is 0 Å². The second-order valence-electron chi connectivity index (χ2n) is 5.58. The Morgan fingerprint density at radius 2 is 2.40 bits per heavy atom.